The van der Waals surface area contributed by atoms with Crippen LogP contribution in [0.4, 0.5) is 0 Å². The summed E-state index contributed by atoms with van der Waals surface area (Å²) in [5.74, 6) is -0.283. The molecule has 16 heavy (non-hydrogen) atoms. The fourth-order valence-electron chi connectivity index (χ4n) is 1.48. The van der Waals surface area contributed by atoms with Gasteiger partial charge in [0.05, 0.1) is 21.1 Å². The zero-order chi connectivity index (χ0) is 11.9. The Morgan fingerprint density at radius 2 is 1.88 bits per heavy atom. The molecule has 82 valence electrons. The molecule has 0 saturated heterocycles. The predicted octanol–water partition coefficient (Wildman–Crippen LogP) is 3.04. The smallest absolute Gasteiger partial charge is 0.200 e. The molecule has 3 nitrogen and oxygen atoms in total. The van der Waals surface area contributed by atoms with Crippen molar-refractivity contribution in [2.24, 2.45) is 0 Å². The molecule has 1 heterocycles. The van der Waals surface area contributed by atoms with E-state index in [4.69, 9.17) is 23.2 Å². The first-order valence-corrected chi connectivity index (χ1v) is 5.27. The molecule has 0 unspecified atom stereocenters. The molecule has 0 aliphatic rings. The Balaban J connectivity index is 2.90. The van der Waals surface area contributed by atoms with Crippen LogP contribution in [-0.4, -0.2) is 10.8 Å². The lowest BCUT2D eigenvalue weighted by molar-refractivity contribution is 0.101. The lowest BCUT2D eigenvalue weighted by Gasteiger charge is -2.02. The van der Waals surface area contributed by atoms with Crippen LogP contribution in [0, 0.1) is 0 Å². The van der Waals surface area contributed by atoms with Gasteiger partial charge in [0.1, 0.15) is 0 Å². The van der Waals surface area contributed by atoms with Crippen LogP contribution < -0.4 is 5.43 Å². The second kappa shape index (κ2) is 3.92. The number of nitrogens with one attached hydrogen (secondary N) is 1. The van der Waals surface area contributed by atoms with Crippen LogP contribution in [0.15, 0.2) is 23.1 Å². The molecule has 0 fully saturated rings. The van der Waals surface area contributed by atoms with Crippen LogP contribution in [0.25, 0.3) is 10.9 Å². The molecule has 5 heteroatoms. The van der Waals surface area contributed by atoms with Gasteiger partial charge in [-0.05, 0) is 19.1 Å². The van der Waals surface area contributed by atoms with Gasteiger partial charge in [-0.3, -0.25) is 9.59 Å². The maximum atomic E-state index is 11.9. The summed E-state index contributed by atoms with van der Waals surface area (Å²) in [6.45, 7) is 1.34. The molecule has 0 amide bonds. The predicted molar refractivity (Wildman–Crippen MR) is 64.6 cm³/mol. The molecular formula is C11H7Cl2NO2. The third kappa shape index (κ3) is 1.72. The molecule has 0 bridgehead atoms. The minimum absolute atomic E-state index is 0.117. The van der Waals surface area contributed by atoms with E-state index >= 15 is 0 Å². The minimum Gasteiger partial charge on any atom is -0.360 e. The highest BCUT2D eigenvalue weighted by Crippen LogP contribution is 2.25. The second-order valence-electron chi connectivity index (χ2n) is 3.40. The number of halogens is 2. The number of rotatable bonds is 1. The summed E-state index contributed by atoms with van der Waals surface area (Å²) >= 11 is 11.6. The first-order chi connectivity index (χ1) is 7.50. The van der Waals surface area contributed by atoms with E-state index in [1.54, 1.807) is 6.07 Å². The number of hydrogen-bond acceptors (Lipinski definition) is 2. The summed E-state index contributed by atoms with van der Waals surface area (Å²) in [4.78, 5) is 25.9. The van der Waals surface area contributed by atoms with E-state index in [-0.39, 0.29) is 16.8 Å². The summed E-state index contributed by atoms with van der Waals surface area (Å²) in [6.07, 6.45) is 1.39. The lowest BCUT2D eigenvalue weighted by atomic mass is 10.1. The largest absolute Gasteiger partial charge is 0.360 e. The van der Waals surface area contributed by atoms with Crippen molar-refractivity contribution in [2.75, 3.05) is 0 Å². The third-order valence-corrected chi connectivity index (χ3v) is 3.02. The number of Topliss-reactive ketones (excluding diaryl/α,β-unsaturated/α-hetero) is 1. The number of aromatic nitrogens is 1. The standard InChI is InChI=1S/C11H7Cl2NO2/c1-5(15)7-4-14-10-3-9(13)8(12)2-6(10)11(7)16/h2-4H,1H3,(H,14,16). The van der Waals surface area contributed by atoms with Crippen LogP contribution in [-0.2, 0) is 0 Å². The molecule has 0 spiro atoms. The molecule has 0 aliphatic carbocycles. The van der Waals surface area contributed by atoms with Gasteiger partial charge in [0, 0.05) is 11.6 Å². The topological polar surface area (TPSA) is 49.9 Å². The highest BCUT2D eigenvalue weighted by atomic mass is 35.5. The van der Waals surface area contributed by atoms with Crippen molar-refractivity contribution in [1.82, 2.24) is 4.98 Å². The van der Waals surface area contributed by atoms with Gasteiger partial charge in [0.25, 0.3) is 0 Å². The fraction of sp³-hybridized carbons (Fsp3) is 0.0909. The van der Waals surface area contributed by atoms with E-state index in [2.05, 4.69) is 4.98 Å². The number of H-pyrrole nitrogens is 1. The Morgan fingerprint density at radius 1 is 1.25 bits per heavy atom. The van der Waals surface area contributed by atoms with Crippen molar-refractivity contribution in [3.63, 3.8) is 0 Å². The van der Waals surface area contributed by atoms with Gasteiger partial charge in [-0.15, -0.1) is 0 Å². The number of hydrogen-bond donors (Lipinski definition) is 1. The molecule has 2 rings (SSSR count). The molecule has 2 aromatic rings. The van der Waals surface area contributed by atoms with E-state index < -0.39 is 0 Å². The Bertz CT molecular complexity index is 646. The molecule has 0 atom stereocenters. The first kappa shape index (κ1) is 11.2. The van der Waals surface area contributed by atoms with Gasteiger partial charge < -0.3 is 4.98 Å². The third-order valence-electron chi connectivity index (χ3n) is 2.30. The van der Waals surface area contributed by atoms with Crippen LogP contribution in [0.1, 0.15) is 17.3 Å². The van der Waals surface area contributed by atoms with Crippen molar-refractivity contribution in [3.05, 3.63) is 44.2 Å². The number of pyridine rings is 1. The molecule has 0 radical (unpaired) electrons. The summed E-state index contributed by atoms with van der Waals surface area (Å²) < 4.78 is 0. The average Bonchev–Trinajstić information content (AvgIpc) is 2.21. The maximum Gasteiger partial charge on any atom is 0.200 e. The average molecular weight is 256 g/mol. The fourth-order valence-corrected chi connectivity index (χ4v) is 1.80. The normalized spacial score (nSPS) is 10.7. The molecule has 1 aromatic heterocycles. The van der Waals surface area contributed by atoms with Crippen molar-refractivity contribution in [3.8, 4) is 0 Å². The quantitative estimate of drug-likeness (QED) is 0.797. The second-order valence-corrected chi connectivity index (χ2v) is 4.21. The van der Waals surface area contributed by atoms with E-state index in [0.717, 1.165) is 0 Å². The highest BCUT2D eigenvalue weighted by Gasteiger charge is 2.10. The molecule has 1 N–H and O–H groups in total. The van der Waals surface area contributed by atoms with Gasteiger partial charge in [-0.25, -0.2) is 0 Å². The molecule has 0 saturated carbocycles. The van der Waals surface area contributed by atoms with Crippen LogP contribution in [0.5, 0.6) is 0 Å². The number of carbonyl (C=O) groups excluding carboxylic acids is 1. The number of carbonyl (C=O) groups is 1. The number of fused-ring (bicyclic) bond motifs is 1. The monoisotopic (exact) mass is 255 g/mol. The van der Waals surface area contributed by atoms with Crippen molar-refractivity contribution < 1.29 is 4.79 Å². The number of aromatic amines is 1. The van der Waals surface area contributed by atoms with Gasteiger partial charge in [0.15, 0.2) is 11.2 Å². The summed E-state index contributed by atoms with van der Waals surface area (Å²) in [5, 5.41) is 1.02. The van der Waals surface area contributed by atoms with E-state index in [9.17, 15) is 9.59 Å². The molecular weight excluding hydrogens is 249 g/mol. The number of ketones is 1. The van der Waals surface area contributed by atoms with Crippen LogP contribution >= 0.6 is 23.2 Å². The number of benzene rings is 1. The summed E-state index contributed by atoms with van der Waals surface area (Å²) in [5.41, 5.74) is 0.343. The maximum absolute atomic E-state index is 11.9. The Labute approximate surface area is 101 Å². The van der Waals surface area contributed by atoms with E-state index in [1.807, 2.05) is 0 Å². The minimum atomic E-state index is -0.334. The van der Waals surface area contributed by atoms with Gasteiger partial charge in [-0.1, -0.05) is 23.2 Å². The van der Waals surface area contributed by atoms with Crippen LogP contribution in [0.3, 0.4) is 0 Å². The first-order valence-electron chi connectivity index (χ1n) is 4.52. The Hall–Kier alpha value is -1.32. The highest BCUT2D eigenvalue weighted by molar-refractivity contribution is 6.42. The summed E-state index contributed by atoms with van der Waals surface area (Å²) in [7, 11) is 0. The van der Waals surface area contributed by atoms with Crippen molar-refractivity contribution in [2.45, 2.75) is 6.92 Å². The van der Waals surface area contributed by atoms with Gasteiger partial charge >= 0.3 is 0 Å². The van der Waals surface area contributed by atoms with E-state index in [0.29, 0.717) is 20.9 Å². The molecule has 0 aliphatic heterocycles. The van der Waals surface area contributed by atoms with Crippen molar-refractivity contribution >= 4 is 39.9 Å². The van der Waals surface area contributed by atoms with Crippen LogP contribution in [0.2, 0.25) is 10.0 Å². The lowest BCUT2D eigenvalue weighted by Crippen LogP contribution is -2.13. The molecule has 1 aromatic carbocycles. The Kier molecular flexibility index (Phi) is 2.74. The Morgan fingerprint density at radius 3 is 2.50 bits per heavy atom. The van der Waals surface area contributed by atoms with Gasteiger partial charge in [-0.2, -0.15) is 0 Å². The van der Waals surface area contributed by atoms with Gasteiger partial charge in [0.2, 0.25) is 0 Å². The van der Waals surface area contributed by atoms with Crippen molar-refractivity contribution in [1.29, 1.82) is 0 Å². The zero-order valence-electron chi connectivity index (χ0n) is 8.30. The SMILES string of the molecule is CC(=O)c1c[nH]c2cc(Cl)c(Cl)cc2c1=O. The van der Waals surface area contributed by atoms with E-state index in [1.165, 1.54) is 19.2 Å². The summed E-state index contributed by atoms with van der Waals surface area (Å²) in [6, 6.07) is 3.02. The zero-order valence-corrected chi connectivity index (χ0v) is 9.82.